The molecular formula is C14H12N4O2S. The minimum atomic E-state index is 0.00190. The van der Waals surface area contributed by atoms with Crippen LogP contribution in [0.3, 0.4) is 0 Å². The first-order valence-electron chi connectivity index (χ1n) is 6.50. The van der Waals surface area contributed by atoms with E-state index in [1.54, 1.807) is 7.11 Å². The first-order chi connectivity index (χ1) is 10.3. The highest BCUT2D eigenvalue weighted by atomic mass is 32.1. The molecule has 21 heavy (non-hydrogen) atoms. The fourth-order valence-corrected chi connectivity index (χ4v) is 3.04. The number of methoxy groups -OCH3 is 1. The van der Waals surface area contributed by atoms with Crippen molar-refractivity contribution in [3.63, 3.8) is 0 Å². The van der Waals surface area contributed by atoms with Gasteiger partial charge in [0.2, 0.25) is 5.88 Å². The van der Waals surface area contributed by atoms with Gasteiger partial charge in [0.25, 0.3) is 0 Å². The highest BCUT2D eigenvalue weighted by Gasteiger charge is 2.28. The molecule has 0 bridgehead atoms. The van der Waals surface area contributed by atoms with Gasteiger partial charge in [0.15, 0.2) is 10.4 Å². The van der Waals surface area contributed by atoms with E-state index in [0.29, 0.717) is 22.8 Å². The van der Waals surface area contributed by atoms with Crippen molar-refractivity contribution in [2.75, 3.05) is 13.7 Å². The van der Waals surface area contributed by atoms with Crippen LogP contribution in [0.5, 0.6) is 11.6 Å². The van der Waals surface area contributed by atoms with E-state index in [-0.39, 0.29) is 6.04 Å². The molecule has 0 spiro atoms. The van der Waals surface area contributed by atoms with Crippen molar-refractivity contribution in [3.05, 3.63) is 40.9 Å². The quantitative estimate of drug-likeness (QED) is 0.737. The van der Waals surface area contributed by atoms with Crippen LogP contribution in [-0.4, -0.2) is 33.2 Å². The molecule has 0 aliphatic carbocycles. The standard InChI is InChI=1S/C14H12N4O2S/c1-19-13-11-12(15-7-16-13)18(14(21)17-11)9-6-20-10-5-3-2-4-8(9)10/h2-5,7,9H,6H2,1H3,(H,17,21). The maximum absolute atomic E-state index is 5.74. The lowest BCUT2D eigenvalue weighted by Gasteiger charge is -2.11. The number of hydrogen-bond acceptors (Lipinski definition) is 5. The Labute approximate surface area is 125 Å². The summed E-state index contributed by atoms with van der Waals surface area (Å²) in [6.07, 6.45) is 1.47. The molecule has 3 heterocycles. The monoisotopic (exact) mass is 300 g/mol. The number of hydrogen-bond donors (Lipinski definition) is 1. The first-order valence-corrected chi connectivity index (χ1v) is 6.91. The molecule has 1 aromatic carbocycles. The third kappa shape index (κ3) is 1.74. The Hall–Kier alpha value is -2.41. The van der Waals surface area contributed by atoms with Gasteiger partial charge in [-0.3, -0.25) is 4.57 Å². The molecule has 3 aromatic rings. The van der Waals surface area contributed by atoms with Gasteiger partial charge in [0.1, 0.15) is 30.2 Å². The van der Waals surface area contributed by atoms with Crippen LogP contribution in [0.15, 0.2) is 30.6 Å². The van der Waals surface area contributed by atoms with Gasteiger partial charge < -0.3 is 14.5 Å². The van der Waals surface area contributed by atoms with Crippen molar-refractivity contribution in [2.24, 2.45) is 0 Å². The summed E-state index contributed by atoms with van der Waals surface area (Å²) in [6.45, 7) is 0.535. The van der Waals surface area contributed by atoms with Crippen molar-refractivity contribution < 1.29 is 9.47 Å². The molecule has 1 atom stereocenters. The van der Waals surface area contributed by atoms with E-state index in [1.807, 2.05) is 28.8 Å². The normalized spacial score (nSPS) is 16.7. The molecule has 0 saturated heterocycles. The van der Waals surface area contributed by atoms with Crippen LogP contribution in [0.4, 0.5) is 0 Å². The number of aromatic amines is 1. The molecule has 0 saturated carbocycles. The molecule has 7 heteroatoms. The number of nitrogens with one attached hydrogen (secondary N) is 1. The Morgan fingerprint density at radius 1 is 1.38 bits per heavy atom. The van der Waals surface area contributed by atoms with E-state index in [2.05, 4.69) is 15.0 Å². The van der Waals surface area contributed by atoms with Crippen LogP contribution in [0.2, 0.25) is 0 Å². The maximum atomic E-state index is 5.74. The lowest BCUT2D eigenvalue weighted by atomic mass is 10.1. The van der Waals surface area contributed by atoms with E-state index in [9.17, 15) is 0 Å². The number of aromatic nitrogens is 4. The second kappa shape index (κ2) is 4.56. The molecule has 4 rings (SSSR count). The summed E-state index contributed by atoms with van der Waals surface area (Å²) in [5, 5.41) is 0. The molecule has 0 radical (unpaired) electrons. The van der Waals surface area contributed by atoms with E-state index in [1.165, 1.54) is 6.33 Å². The Morgan fingerprint density at radius 3 is 3.10 bits per heavy atom. The molecule has 1 N–H and O–H groups in total. The minimum Gasteiger partial charge on any atom is -0.491 e. The number of benzene rings is 1. The summed E-state index contributed by atoms with van der Waals surface area (Å²) < 4.78 is 13.5. The Morgan fingerprint density at radius 2 is 2.24 bits per heavy atom. The summed E-state index contributed by atoms with van der Waals surface area (Å²) >= 11 is 5.45. The zero-order valence-electron chi connectivity index (χ0n) is 11.2. The van der Waals surface area contributed by atoms with Crippen LogP contribution < -0.4 is 9.47 Å². The van der Waals surface area contributed by atoms with Crippen LogP contribution >= 0.6 is 12.2 Å². The van der Waals surface area contributed by atoms with Gasteiger partial charge in [0.05, 0.1) is 7.11 Å². The fourth-order valence-electron chi connectivity index (χ4n) is 2.72. The summed E-state index contributed by atoms with van der Waals surface area (Å²) in [4.78, 5) is 11.6. The molecule has 1 aliphatic heterocycles. The van der Waals surface area contributed by atoms with Crippen LogP contribution in [0, 0.1) is 4.77 Å². The van der Waals surface area contributed by atoms with Gasteiger partial charge >= 0.3 is 0 Å². The number of imidazole rings is 1. The number of fused-ring (bicyclic) bond motifs is 2. The summed E-state index contributed by atoms with van der Waals surface area (Å²) in [5.74, 6) is 1.37. The number of H-pyrrole nitrogens is 1. The maximum Gasteiger partial charge on any atom is 0.242 e. The van der Waals surface area contributed by atoms with E-state index in [0.717, 1.165) is 17.0 Å². The first kappa shape index (κ1) is 12.3. The highest BCUT2D eigenvalue weighted by molar-refractivity contribution is 7.71. The van der Waals surface area contributed by atoms with Gasteiger partial charge in [-0.15, -0.1) is 0 Å². The smallest absolute Gasteiger partial charge is 0.242 e. The van der Waals surface area contributed by atoms with Crippen molar-refractivity contribution in [3.8, 4) is 11.6 Å². The van der Waals surface area contributed by atoms with Crippen LogP contribution in [-0.2, 0) is 0 Å². The predicted molar refractivity (Wildman–Crippen MR) is 79.3 cm³/mol. The molecule has 6 nitrogen and oxygen atoms in total. The summed E-state index contributed by atoms with van der Waals surface area (Å²) in [6, 6.07) is 7.97. The highest BCUT2D eigenvalue weighted by Crippen LogP contribution is 2.36. The zero-order valence-corrected chi connectivity index (χ0v) is 12.1. The molecule has 0 amide bonds. The Balaban J connectivity index is 1.97. The molecule has 1 aliphatic rings. The van der Waals surface area contributed by atoms with E-state index in [4.69, 9.17) is 21.7 Å². The average Bonchev–Trinajstić information content (AvgIpc) is 3.06. The lowest BCUT2D eigenvalue weighted by Crippen LogP contribution is -2.12. The van der Waals surface area contributed by atoms with Gasteiger partial charge in [-0.2, -0.15) is 4.98 Å². The predicted octanol–water partition coefficient (Wildman–Crippen LogP) is 2.48. The SMILES string of the molecule is COc1ncnc2c1[nH]c(=S)n2C1COc2ccccc21. The number of para-hydroxylation sites is 1. The molecule has 106 valence electrons. The Bertz CT molecular complexity index is 886. The zero-order chi connectivity index (χ0) is 14.4. The van der Waals surface area contributed by atoms with Crippen LogP contribution in [0.25, 0.3) is 11.2 Å². The van der Waals surface area contributed by atoms with Crippen molar-refractivity contribution in [1.82, 2.24) is 19.5 Å². The second-order valence-electron chi connectivity index (χ2n) is 4.75. The van der Waals surface area contributed by atoms with E-state index >= 15 is 0 Å². The summed E-state index contributed by atoms with van der Waals surface area (Å²) in [5.41, 5.74) is 2.53. The summed E-state index contributed by atoms with van der Waals surface area (Å²) in [7, 11) is 1.57. The van der Waals surface area contributed by atoms with Crippen molar-refractivity contribution in [2.45, 2.75) is 6.04 Å². The fraction of sp³-hybridized carbons (Fsp3) is 0.214. The molecule has 0 fully saturated rings. The number of nitrogens with zero attached hydrogens (tertiary/aromatic N) is 3. The van der Waals surface area contributed by atoms with Crippen molar-refractivity contribution >= 4 is 23.4 Å². The molecule has 1 unspecified atom stereocenters. The third-order valence-electron chi connectivity index (χ3n) is 3.65. The molecular weight excluding hydrogens is 288 g/mol. The van der Waals surface area contributed by atoms with Crippen molar-refractivity contribution in [1.29, 1.82) is 0 Å². The van der Waals surface area contributed by atoms with Gasteiger partial charge in [-0.1, -0.05) is 18.2 Å². The van der Waals surface area contributed by atoms with Crippen LogP contribution in [0.1, 0.15) is 11.6 Å². The number of ether oxygens (including phenoxy) is 2. The molecule has 2 aromatic heterocycles. The minimum absolute atomic E-state index is 0.00190. The topological polar surface area (TPSA) is 65.0 Å². The second-order valence-corrected chi connectivity index (χ2v) is 5.13. The van der Waals surface area contributed by atoms with Gasteiger partial charge in [-0.05, 0) is 18.3 Å². The average molecular weight is 300 g/mol. The largest absolute Gasteiger partial charge is 0.491 e. The van der Waals surface area contributed by atoms with Gasteiger partial charge in [-0.25, -0.2) is 4.98 Å². The van der Waals surface area contributed by atoms with Gasteiger partial charge in [0, 0.05) is 5.56 Å². The van der Waals surface area contributed by atoms with E-state index < -0.39 is 0 Å². The Kier molecular flexibility index (Phi) is 2.68. The third-order valence-corrected chi connectivity index (χ3v) is 3.95. The number of rotatable bonds is 2. The lowest BCUT2D eigenvalue weighted by molar-refractivity contribution is 0.317.